The standard InChI is InChI=1S/C24H31N3O5/c1-24-11-10-21(29)27(24)19-8-3-2-7-18(19)22(30)26(24)13-5-9-20(28)25-12-4-6-17(16-25)23-31-14-15-32-23/h2-3,7-8,17,23H,4-6,9-16H2,1H3. The van der Waals surface area contributed by atoms with Crippen molar-refractivity contribution in [1.82, 2.24) is 9.80 Å². The van der Waals surface area contributed by atoms with Gasteiger partial charge < -0.3 is 19.3 Å². The molecule has 2 atom stereocenters. The van der Waals surface area contributed by atoms with Crippen LogP contribution in [-0.4, -0.2) is 72.3 Å². The van der Waals surface area contributed by atoms with E-state index < -0.39 is 5.66 Å². The number of rotatable bonds is 5. The molecule has 1 aromatic rings. The number of amides is 3. The van der Waals surface area contributed by atoms with Crippen molar-refractivity contribution in [3.05, 3.63) is 29.8 Å². The molecule has 3 amide bonds. The van der Waals surface area contributed by atoms with Crippen molar-refractivity contribution >= 4 is 23.4 Å². The van der Waals surface area contributed by atoms with Gasteiger partial charge in [0.25, 0.3) is 5.91 Å². The van der Waals surface area contributed by atoms with Crippen LogP contribution in [0.2, 0.25) is 0 Å². The number of benzene rings is 1. The summed E-state index contributed by atoms with van der Waals surface area (Å²) >= 11 is 0. The van der Waals surface area contributed by atoms with Gasteiger partial charge in [-0.15, -0.1) is 0 Å². The first-order valence-corrected chi connectivity index (χ1v) is 11.7. The molecule has 8 heteroatoms. The molecule has 0 aliphatic carbocycles. The summed E-state index contributed by atoms with van der Waals surface area (Å²) in [5, 5.41) is 0. The fourth-order valence-corrected chi connectivity index (χ4v) is 5.70. The van der Waals surface area contributed by atoms with Gasteiger partial charge in [-0.2, -0.15) is 0 Å². The maximum atomic E-state index is 13.3. The van der Waals surface area contributed by atoms with Gasteiger partial charge in [0.2, 0.25) is 11.8 Å². The van der Waals surface area contributed by atoms with E-state index in [0.29, 0.717) is 63.2 Å². The van der Waals surface area contributed by atoms with E-state index in [9.17, 15) is 14.4 Å². The number of piperidine rings is 1. The number of carbonyl (C=O) groups is 3. The normalized spacial score (nSPS) is 28.3. The summed E-state index contributed by atoms with van der Waals surface area (Å²) in [6, 6.07) is 7.31. The number of carbonyl (C=O) groups excluding carboxylic acids is 3. The molecule has 2 unspecified atom stereocenters. The largest absolute Gasteiger partial charge is 0.350 e. The molecule has 1 aromatic carbocycles. The molecule has 0 aromatic heterocycles. The van der Waals surface area contributed by atoms with E-state index in [1.165, 1.54) is 0 Å². The summed E-state index contributed by atoms with van der Waals surface area (Å²) in [5.74, 6) is 0.328. The fraction of sp³-hybridized carbons (Fsp3) is 0.625. The highest BCUT2D eigenvalue weighted by molar-refractivity contribution is 6.10. The lowest BCUT2D eigenvalue weighted by molar-refractivity contribution is -0.139. The summed E-state index contributed by atoms with van der Waals surface area (Å²) in [5.41, 5.74) is 0.589. The molecule has 0 spiro atoms. The molecule has 3 fully saturated rings. The average molecular weight is 442 g/mol. The van der Waals surface area contributed by atoms with E-state index in [-0.39, 0.29) is 29.9 Å². The van der Waals surface area contributed by atoms with Crippen molar-refractivity contribution in [1.29, 1.82) is 0 Å². The monoisotopic (exact) mass is 441 g/mol. The van der Waals surface area contributed by atoms with Gasteiger partial charge >= 0.3 is 0 Å². The third kappa shape index (κ3) is 3.59. The van der Waals surface area contributed by atoms with Crippen molar-refractivity contribution in [3.8, 4) is 0 Å². The minimum atomic E-state index is -0.668. The summed E-state index contributed by atoms with van der Waals surface area (Å²) in [6.07, 6.45) is 3.76. The Labute approximate surface area is 188 Å². The van der Waals surface area contributed by atoms with Crippen LogP contribution in [0.4, 0.5) is 5.69 Å². The minimum absolute atomic E-state index is 0.0456. The summed E-state index contributed by atoms with van der Waals surface area (Å²) in [4.78, 5) is 44.4. The topological polar surface area (TPSA) is 79.4 Å². The van der Waals surface area contributed by atoms with Crippen LogP contribution in [0.25, 0.3) is 0 Å². The predicted octanol–water partition coefficient (Wildman–Crippen LogP) is 2.38. The Kier molecular flexibility index (Phi) is 5.67. The summed E-state index contributed by atoms with van der Waals surface area (Å²) in [7, 11) is 0. The highest BCUT2D eigenvalue weighted by Crippen LogP contribution is 2.44. The zero-order valence-corrected chi connectivity index (χ0v) is 18.6. The second-order valence-electron chi connectivity index (χ2n) is 9.38. The van der Waals surface area contributed by atoms with Gasteiger partial charge in [-0.1, -0.05) is 12.1 Å². The molecular formula is C24H31N3O5. The van der Waals surface area contributed by atoms with Crippen LogP contribution >= 0.6 is 0 Å². The number of likely N-dealkylation sites (tertiary alicyclic amines) is 1. The van der Waals surface area contributed by atoms with Crippen molar-refractivity contribution in [2.24, 2.45) is 5.92 Å². The van der Waals surface area contributed by atoms with Gasteiger partial charge in [0.05, 0.1) is 24.5 Å². The summed E-state index contributed by atoms with van der Waals surface area (Å²) < 4.78 is 11.3. The first-order chi connectivity index (χ1) is 15.5. The Morgan fingerprint density at radius 2 is 1.97 bits per heavy atom. The lowest BCUT2D eigenvalue weighted by atomic mass is 9.96. The molecule has 0 N–H and O–H groups in total. The average Bonchev–Trinajstić information content (AvgIpc) is 3.45. The number of hydrogen-bond acceptors (Lipinski definition) is 5. The van der Waals surface area contributed by atoms with Crippen LogP contribution in [0.1, 0.15) is 55.8 Å². The van der Waals surface area contributed by atoms with Gasteiger partial charge in [0, 0.05) is 38.4 Å². The summed E-state index contributed by atoms with van der Waals surface area (Å²) in [6.45, 7) is 5.09. The van der Waals surface area contributed by atoms with Crippen LogP contribution in [-0.2, 0) is 19.1 Å². The van der Waals surface area contributed by atoms with Gasteiger partial charge in [0.1, 0.15) is 5.66 Å². The third-order valence-electron chi connectivity index (χ3n) is 7.36. The second-order valence-corrected chi connectivity index (χ2v) is 9.38. The smallest absolute Gasteiger partial charge is 0.257 e. The van der Waals surface area contributed by atoms with Crippen molar-refractivity contribution in [2.45, 2.75) is 57.4 Å². The molecule has 172 valence electrons. The van der Waals surface area contributed by atoms with Crippen LogP contribution in [0.15, 0.2) is 24.3 Å². The van der Waals surface area contributed by atoms with Gasteiger partial charge in [-0.25, -0.2) is 0 Å². The highest BCUT2D eigenvalue weighted by Gasteiger charge is 2.52. The zero-order valence-electron chi connectivity index (χ0n) is 18.6. The van der Waals surface area contributed by atoms with Crippen LogP contribution in [0.3, 0.4) is 0 Å². The van der Waals surface area contributed by atoms with E-state index in [1.54, 1.807) is 15.9 Å². The molecule has 8 nitrogen and oxygen atoms in total. The lowest BCUT2D eigenvalue weighted by Gasteiger charge is -2.48. The minimum Gasteiger partial charge on any atom is -0.350 e. The number of para-hydroxylation sites is 1. The molecule has 0 radical (unpaired) electrons. The third-order valence-corrected chi connectivity index (χ3v) is 7.36. The maximum Gasteiger partial charge on any atom is 0.257 e. The predicted molar refractivity (Wildman–Crippen MR) is 117 cm³/mol. The first kappa shape index (κ1) is 21.4. The van der Waals surface area contributed by atoms with E-state index in [1.807, 2.05) is 30.0 Å². The van der Waals surface area contributed by atoms with Crippen LogP contribution in [0.5, 0.6) is 0 Å². The fourth-order valence-electron chi connectivity index (χ4n) is 5.70. The number of nitrogens with zero attached hydrogens (tertiary/aromatic N) is 3. The number of ether oxygens (including phenoxy) is 2. The Bertz CT molecular complexity index is 915. The van der Waals surface area contributed by atoms with Crippen molar-refractivity contribution in [2.75, 3.05) is 37.7 Å². The van der Waals surface area contributed by atoms with Crippen molar-refractivity contribution < 1.29 is 23.9 Å². The first-order valence-electron chi connectivity index (χ1n) is 11.7. The van der Waals surface area contributed by atoms with Gasteiger partial charge in [0.15, 0.2) is 6.29 Å². The highest BCUT2D eigenvalue weighted by atomic mass is 16.7. The molecule has 3 saturated heterocycles. The van der Waals surface area contributed by atoms with Gasteiger partial charge in [-0.05, 0) is 44.7 Å². The Balaban J connectivity index is 1.23. The van der Waals surface area contributed by atoms with Crippen molar-refractivity contribution in [3.63, 3.8) is 0 Å². The molecule has 0 saturated carbocycles. The molecule has 4 aliphatic heterocycles. The Hall–Kier alpha value is -2.45. The van der Waals surface area contributed by atoms with E-state index >= 15 is 0 Å². The van der Waals surface area contributed by atoms with E-state index in [2.05, 4.69) is 0 Å². The van der Waals surface area contributed by atoms with Gasteiger partial charge in [-0.3, -0.25) is 19.3 Å². The van der Waals surface area contributed by atoms with E-state index in [4.69, 9.17) is 9.47 Å². The lowest BCUT2D eigenvalue weighted by Crippen LogP contribution is -2.62. The molecule has 4 heterocycles. The van der Waals surface area contributed by atoms with Crippen LogP contribution < -0.4 is 4.90 Å². The van der Waals surface area contributed by atoms with Crippen LogP contribution in [0, 0.1) is 5.92 Å². The van der Waals surface area contributed by atoms with E-state index in [0.717, 1.165) is 19.4 Å². The molecule has 32 heavy (non-hydrogen) atoms. The molecule has 4 aliphatic rings. The SMILES string of the molecule is CC12CCC(=O)N1c1ccccc1C(=O)N2CCCC(=O)N1CCCC(C2OCCO2)C1. The maximum absolute atomic E-state index is 13.3. The second kappa shape index (κ2) is 8.48. The zero-order chi connectivity index (χ0) is 22.3. The molecular weight excluding hydrogens is 410 g/mol. The Morgan fingerprint density at radius 1 is 1.19 bits per heavy atom. The molecule has 5 rings (SSSR count). The Morgan fingerprint density at radius 3 is 2.78 bits per heavy atom. The quantitative estimate of drug-likeness (QED) is 0.701. The molecule has 0 bridgehead atoms. The number of hydrogen-bond donors (Lipinski definition) is 0. The number of fused-ring (bicyclic) bond motifs is 3. The number of anilines is 1.